The van der Waals surface area contributed by atoms with Gasteiger partial charge in [-0.25, -0.2) is 0 Å². The first-order valence-electron chi connectivity index (χ1n) is 5.15. The molecule has 2 rings (SSSR count). The van der Waals surface area contributed by atoms with Gasteiger partial charge < -0.3 is 11.1 Å². The smallest absolute Gasteiger partial charge is 0.0411 e. The Hall–Kier alpha value is -1.15. The highest BCUT2D eigenvalue weighted by Gasteiger charge is 2.23. The zero-order chi connectivity index (χ0) is 10.8. The normalized spacial score (nSPS) is 16.5. The summed E-state index contributed by atoms with van der Waals surface area (Å²) in [7, 11) is 0. The molecule has 1 fully saturated rings. The van der Waals surface area contributed by atoms with Crippen molar-refractivity contribution < 1.29 is 0 Å². The first kappa shape index (κ1) is 10.4. The van der Waals surface area contributed by atoms with Crippen molar-refractivity contribution in [1.29, 1.82) is 0 Å². The quantitative estimate of drug-likeness (QED) is 0.824. The molecule has 0 amide bonds. The number of nitrogens with two attached hydrogens (primary N) is 1. The summed E-state index contributed by atoms with van der Waals surface area (Å²) in [5.41, 5.74) is 9.01. The molecule has 0 atom stereocenters. The van der Waals surface area contributed by atoms with Crippen LogP contribution in [0.25, 0.3) is 0 Å². The molecule has 3 N–H and O–H groups in total. The maximum Gasteiger partial charge on any atom is 0.0411 e. The highest BCUT2D eigenvalue weighted by atomic mass is 35.5. The van der Waals surface area contributed by atoms with Gasteiger partial charge in [0, 0.05) is 22.6 Å². The minimum Gasteiger partial charge on any atom is -0.401 e. The van der Waals surface area contributed by atoms with Crippen LogP contribution in [0.3, 0.4) is 0 Å². The van der Waals surface area contributed by atoms with Gasteiger partial charge >= 0.3 is 0 Å². The van der Waals surface area contributed by atoms with Crippen LogP contribution in [0.1, 0.15) is 18.4 Å². The molecule has 0 spiro atoms. The van der Waals surface area contributed by atoms with E-state index in [0.717, 1.165) is 22.0 Å². The topological polar surface area (TPSA) is 38.0 Å². The van der Waals surface area contributed by atoms with E-state index >= 15 is 0 Å². The van der Waals surface area contributed by atoms with Gasteiger partial charge in [-0.05, 0) is 49.4 Å². The van der Waals surface area contributed by atoms with E-state index < -0.39 is 0 Å². The van der Waals surface area contributed by atoms with Gasteiger partial charge in [0.15, 0.2) is 0 Å². The van der Waals surface area contributed by atoms with Gasteiger partial charge in [-0.3, -0.25) is 0 Å². The standard InChI is InChI=1S/C12H15ClN2/c1-8-6-10(13)4-5-12(8)15-7-11(14)9-2-3-9/h4-7,9,15H,2-3,14H2,1H3/b11-7-. The van der Waals surface area contributed by atoms with Crippen LogP contribution < -0.4 is 11.1 Å². The van der Waals surface area contributed by atoms with E-state index in [-0.39, 0.29) is 0 Å². The van der Waals surface area contributed by atoms with Crippen LogP contribution in [0, 0.1) is 12.8 Å². The average molecular weight is 223 g/mol. The largest absolute Gasteiger partial charge is 0.401 e. The van der Waals surface area contributed by atoms with Crippen LogP contribution in [0.2, 0.25) is 5.02 Å². The van der Waals surface area contributed by atoms with E-state index in [4.69, 9.17) is 17.3 Å². The molecular formula is C12H15ClN2. The van der Waals surface area contributed by atoms with E-state index in [1.807, 2.05) is 31.3 Å². The summed E-state index contributed by atoms with van der Waals surface area (Å²) in [5.74, 6) is 0.602. The molecule has 0 saturated heterocycles. The van der Waals surface area contributed by atoms with Gasteiger partial charge in [0.05, 0.1) is 0 Å². The van der Waals surface area contributed by atoms with Gasteiger partial charge in [-0.2, -0.15) is 0 Å². The average Bonchev–Trinajstić information content (AvgIpc) is 2.99. The molecule has 3 heteroatoms. The number of halogens is 1. The molecule has 0 bridgehead atoms. The summed E-state index contributed by atoms with van der Waals surface area (Å²) in [6.45, 7) is 2.02. The molecule has 0 radical (unpaired) electrons. The molecule has 2 nitrogen and oxygen atoms in total. The molecule has 1 aliphatic rings. The van der Waals surface area contributed by atoms with Crippen LogP contribution in [-0.2, 0) is 0 Å². The maximum absolute atomic E-state index is 5.88. The Morgan fingerprint density at radius 1 is 1.53 bits per heavy atom. The highest BCUT2D eigenvalue weighted by Crippen LogP contribution is 2.33. The predicted octanol–water partition coefficient (Wildman–Crippen LogP) is 3.27. The van der Waals surface area contributed by atoms with Crippen molar-refractivity contribution in [2.24, 2.45) is 11.7 Å². The second-order valence-electron chi connectivity index (χ2n) is 4.02. The summed E-state index contributed by atoms with van der Waals surface area (Å²) in [6.07, 6.45) is 4.35. The lowest BCUT2D eigenvalue weighted by Gasteiger charge is -2.06. The van der Waals surface area contributed by atoms with Crippen LogP contribution in [0.5, 0.6) is 0 Å². The van der Waals surface area contributed by atoms with Crippen molar-refractivity contribution in [2.75, 3.05) is 5.32 Å². The predicted molar refractivity (Wildman–Crippen MR) is 64.8 cm³/mol. The third kappa shape index (κ3) is 2.66. The fraction of sp³-hybridized carbons (Fsp3) is 0.333. The van der Waals surface area contributed by atoms with Crippen molar-refractivity contribution in [1.82, 2.24) is 0 Å². The third-order valence-electron chi connectivity index (χ3n) is 2.63. The Balaban J connectivity index is 2.07. The fourth-order valence-electron chi connectivity index (χ4n) is 1.48. The molecule has 1 aromatic rings. The number of nitrogens with one attached hydrogen (secondary N) is 1. The van der Waals surface area contributed by atoms with Crippen LogP contribution in [0.15, 0.2) is 30.1 Å². The molecule has 0 aliphatic heterocycles. The fourth-order valence-corrected chi connectivity index (χ4v) is 1.71. The van der Waals surface area contributed by atoms with Crippen molar-refractivity contribution in [3.63, 3.8) is 0 Å². The van der Waals surface area contributed by atoms with Crippen molar-refractivity contribution in [2.45, 2.75) is 19.8 Å². The maximum atomic E-state index is 5.88. The van der Waals surface area contributed by atoms with E-state index in [1.54, 1.807) is 0 Å². The number of rotatable bonds is 3. The first-order valence-corrected chi connectivity index (χ1v) is 5.53. The zero-order valence-electron chi connectivity index (χ0n) is 8.76. The molecular weight excluding hydrogens is 208 g/mol. The van der Waals surface area contributed by atoms with E-state index in [2.05, 4.69) is 5.32 Å². The molecule has 0 unspecified atom stereocenters. The SMILES string of the molecule is Cc1cc(Cl)ccc1N/C=C(\N)C1CC1. The van der Waals surface area contributed by atoms with Gasteiger partial charge in [0.25, 0.3) is 0 Å². The van der Waals surface area contributed by atoms with Crippen LogP contribution >= 0.6 is 11.6 Å². The summed E-state index contributed by atoms with van der Waals surface area (Å²) in [4.78, 5) is 0. The lowest BCUT2D eigenvalue weighted by molar-refractivity contribution is 0.976. The van der Waals surface area contributed by atoms with Crippen molar-refractivity contribution in [3.05, 3.63) is 40.7 Å². The minimum atomic E-state index is 0.602. The molecule has 80 valence electrons. The third-order valence-corrected chi connectivity index (χ3v) is 2.87. The summed E-state index contributed by atoms with van der Waals surface area (Å²) in [6, 6.07) is 5.78. The van der Waals surface area contributed by atoms with Gasteiger partial charge in [0.2, 0.25) is 0 Å². The number of hydrogen-bond donors (Lipinski definition) is 2. The Bertz CT molecular complexity index is 395. The van der Waals surface area contributed by atoms with Crippen molar-refractivity contribution in [3.8, 4) is 0 Å². The lowest BCUT2D eigenvalue weighted by Crippen LogP contribution is -2.03. The molecule has 0 heterocycles. The van der Waals surface area contributed by atoms with Crippen molar-refractivity contribution >= 4 is 17.3 Å². The number of aryl methyl sites for hydroxylation is 1. The number of allylic oxidation sites excluding steroid dienone is 1. The Morgan fingerprint density at radius 3 is 2.87 bits per heavy atom. The van der Waals surface area contributed by atoms with E-state index in [1.165, 1.54) is 12.8 Å². The Kier molecular flexibility index (Phi) is 2.87. The van der Waals surface area contributed by atoms with Gasteiger partial charge in [0.1, 0.15) is 0 Å². The van der Waals surface area contributed by atoms with E-state index in [9.17, 15) is 0 Å². The van der Waals surface area contributed by atoms with Crippen LogP contribution in [0.4, 0.5) is 5.69 Å². The summed E-state index contributed by atoms with van der Waals surface area (Å²) >= 11 is 5.87. The molecule has 1 aliphatic carbocycles. The Morgan fingerprint density at radius 2 is 2.27 bits per heavy atom. The summed E-state index contributed by atoms with van der Waals surface area (Å²) in [5, 5.41) is 3.98. The minimum absolute atomic E-state index is 0.602. The monoisotopic (exact) mass is 222 g/mol. The van der Waals surface area contributed by atoms with Gasteiger partial charge in [-0.15, -0.1) is 0 Å². The zero-order valence-corrected chi connectivity index (χ0v) is 9.51. The number of anilines is 1. The van der Waals surface area contributed by atoms with Crippen LogP contribution in [-0.4, -0.2) is 0 Å². The van der Waals surface area contributed by atoms with Gasteiger partial charge in [-0.1, -0.05) is 11.6 Å². The second kappa shape index (κ2) is 4.15. The molecule has 1 saturated carbocycles. The van der Waals surface area contributed by atoms with E-state index in [0.29, 0.717) is 5.92 Å². The number of benzene rings is 1. The lowest BCUT2D eigenvalue weighted by atomic mass is 10.2. The molecule has 15 heavy (non-hydrogen) atoms. The summed E-state index contributed by atoms with van der Waals surface area (Å²) < 4.78 is 0. The first-order chi connectivity index (χ1) is 7.16. The second-order valence-corrected chi connectivity index (χ2v) is 4.46. The Labute approximate surface area is 95.1 Å². The highest BCUT2D eigenvalue weighted by molar-refractivity contribution is 6.30. The molecule has 1 aromatic carbocycles. The number of hydrogen-bond acceptors (Lipinski definition) is 2. The molecule has 0 aromatic heterocycles.